The number of nitrogens with zero attached hydrogens (tertiary/aromatic N) is 5. The van der Waals surface area contributed by atoms with Gasteiger partial charge in [-0.05, 0) is 31.5 Å². The van der Waals surface area contributed by atoms with Crippen LogP contribution in [0.4, 0.5) is 4.39 Å². The van der Waals surface area contributed by atoms with Crippen molar-refractivity contribution < 1.29 is 9.18 Å². The molecule has 3 aromatic rings. The summed E-state index contributed by atoms with van der Waals surface area (Å²) >= 11 is 1.48. The number of aryl methyl sites for hydroxylation is 1. The average Bonchev–Trinajstić information content (AvgIpc) is 3.09. The van der Waals surface area contributed by atoms with Gasteiger partial charge in [-0.2, -0.15) is 0 Å². The molecule has 2 atom stereocenters. The SMILES string of the molecule is Cc1nnc(-c2ccc3cnc(CC(=O)N4CC[C@@H](N)[C@H](F)C4)cc3n2)s1. The first-order chi connectivity index (χ1) is 13.0. The van der Waals surface area contributed by atoms with E-state index in [9.17, 15) is 9.18 Å². The number of fused-ring (bicyclic) bond motifs is 1. The fourth-order valence-corrected chi connectivity index (χ4v) is 3.75. The van der Waals surface area contributed by atoms with E-state index in [-0.39, 0.29) is 18.9 Å². The van der Waals surface area contributed by atoms with Crippen molar-refractivity contribution in [3.8, 4) is 10.7 Å². The van der Waals surface area contributed by atoms with E-state index in [1.165, 1.54) is 16.2 Å². The van der Waals surface area contributed by atoms with Gasteiger partial charge in [0.15, 0.2) is 5.01 Å². The maximum absolute atomic E-state index is 13.8. The summed E-state index contributed by atoms with van der Waals surface area (Å²) in [5.41, 5.74) is 7.76. The smallest absolute Gasteiger partial charge is 0.228 e. The lowest BCUT2D eigenvalue weighted by molar-refractivity contribution is -0.132. The largest absolute Gasteiger partial charge is 0.339 e. The van der Waals surface area contributed by atoms with Gasteiger partial charge in [0.05, 0.1) is 24.2 Å². The lowest BCUT2D eigenvalue weighted by atomic mass is 10.0. The van der Waals surface area contributed by atoms with Gasteiger partial charge in [-0.1, -0.05) is 11.3 Å². The van der Waals surface area contributed by atoms with Crippen LogP contribution in [0.3, 0.4) is 0 Å². The zero-order valence-electron chi connectivity index (χ0n) is 14.8. The van der Waals surface area contributed by atoms with Crippen molar-refractivity contribution in [2.45, 2.75) is 32.0 Å². The molecule has 1 aliphatic heterocycles. The second kappa shape index (κ2) is 7.24. The number of hydrogen-bond donors (Lipinski definition) is 1. The number of nitrogens with two attached hydrogens (primary N) is 1. The third-order valence-corrected chi connectivity index (χ3v) is 5.51. The number of halogens is 1. The molecule has 1 aliphatic rings. The fourth-order valence-electron chi connectivity index (χ4n) is 3.09. The van der Waals surface area contributed by atoms with Crippen molar-refractivity contribution in [3.05, 3.63) is 35.1 Å². The van der Waals surface area contributed by atoms with Crippen molar-refractivity contribution in [1.29, 1.82) is 0 Å². The van der Waals surface area contributed by atoms with Gasteiger partial charge >= 0.3 is 0 Å². The number of piperidine rings is 1. The number of alkyl halides is 1. The zero-order chi connectivity index (χ0) is 19.0. The summed E-state index contributed by atoms with van der Waals surface area (Å²) in [7, 11) is 0. The van der Waals surface area contributed by atoms with E-state index in [0.29, 0.717) is 18.7 Å². The third-order valence-electron chi connectivity index (χ3n) is 4.65. The van der Waals surface area contributed by atoms with E-state index in [4.69, 9.17) is 5.73 Å². The second-order valence-corrected chi connectivity index (χ2v) is 7.86. The number of likely N-dealkylation sites (tertiary alicyclic amines) is 1. The molecular weight excluding hydrogens is 367 g/mol. The molecule has 27 heavy (non-hydrogen) atoms. The van der Waals surface area contributed by atoms with Crippen LogP contribution < -0.4 is 5.73 Å². The van der Waals surface area contributed by atoms with Crippen molar-refractivity contribution in [3.63, 3.8) is 0 Å². The molecule has 9 heteroatoms. The molecule has 4 rings (SSSR count). The molecule has 3 aromatic heterocycles. The Morgan fingerprint density at radius 3 is 3.00 bits per heavy atom. The Bertz CT molecular complexity index is 993. The highest BCUT2D eigenvalue weighted by Crippen LogP contribution is 2.24. The molecule has 0 aliphatic carbocycles. The number of pyridine rings is 2. The van der Waals surface area contributed by atoms with Crippen molar-refractivity contribution >= 4 is 28.1 Å². The molecule has 1 fully saturated rings. The Hall–Kier alpha value is -2.52. The Labute approximate surface area is 159 Å². The molecule has 0 radical (unpaired) electrons. The fraction of sp³-hybridized carbons (Fsp3) is 0.389. The molecule has 1 amide bonds. The highest BCUT2D eigenvalue weighted by Gasteiger charge is 2.29. The Morgan fingerprint density at radius 2 is 2.26 bits per heavy atom. The molecule has 7 nitrogen and oxygen atoms in total. The number of rotatable bonds is 3. The normalized spacial score (nSPS) is 20.2. The predicted octanol–water partition coefficient (Wildman–Crippen LogP) is 1.90. The molecule has 4 heterocycles. The van der Waals surface area contributed by atoms with Crippen molar-refractivity contribution in [2.75, 3.05) is 13.1 Å². The lowest BCUT2D eigenvalue weighted by Crippen LogP contribution is -2.50. The molecule has 1 saturated heterocycles. The molecule has 2 N–H and O–H groups in total. The molecule has 0 unspecified atom stereocenters. The molecule has 0 saturated carbocycles. The summed E-state index contributed by atoms with van der Waals surface area (Å²) < 4.78 is 13.8. The quantitative estimate of drug-likeness (QED) is 0.738. The summed E-state index contributed by atoms with van der Waals surface area (Å²) in [6.07, 6.45) is 1.11. The minimum absolute atomic E-state index is 0.0480. The first kappa shape index (κ1) is 17.9. The highest BCUT2D eigenvalue weighted by molar-refractivity contribution is 7.14. The van der Waals surface area contributed by atoms with Crippen LogP contribution in [-0.2, 0) is 11.2 Å². The Kier molecular flexibility index (Phi) is 4.79. The average molecular weight is 386 g/mol. The predicted molar refractivity (Wildman–Crippen MR) is 101 cm³/mol. The molecule has 0 aromatic carbocycles. The van der Waals surface area contributed by atoms with Gasteiger partial charge in [0, 0.05) is 24.2 Å². The van der Waals surface area contributed by atoms with Crippen LogP contribution in [0.2, 0.25) is 0 Å². The summed E-state index contributed by atoms with van der Waals surface area (Å²) in [5, 5.41) is 10.6. The number of carbonyl (C=O) groups excluding carboxylic acids is 1. The molecule has 140 valence electrons. The summed E-state index contributed by atoms with van der Waals surface area (Å²) in [4.78, 5) is 23.0. The van der Waals surface area contributed by atoms with Gasteiger partial charge in [-0.15, -0.1) is 10.2 Å². The monoisotopic (exact) mass is 386 g/mol. The molecule has 0 spiro atoms. The van der Waals surface area contributed by atoms with Gasteiger partial charge in [0.25, 0.3) is 0 Å². The van der Waals surface area contributed by atoms with Gasteiger partial charge in [-0.3, -0.25) is 9.78 Å². The van der Waals surface area contributed by atoms with Crippen LogP contribution in [0, 0.1) is 6.92 Å². The van der Waals surface area contributed by atoms with Crippen LogP contribution >= 0.6 is 11.3 Å². The molecule has 0 bridgehead atoms. The van der Waals surface area contributed by atoms with Crippen LogP contribution in [0.1, 0.15) is 17.1 Å². The van der Waals surface area contributed by atoms with Crippen LogP contribution in [0.25, 0.3) is 21.6 Å². The minimum Gasteiger partial charge on any atom is -0.339 e. The van der Waals surface area contributed by atoms with Crippen molar-refractivity contribution in [1.82, 2.24) is 25.1 Å². The maximum atomic E-state index is 13.8. The zero-order valence-corrected chi connectivity index (χ0v) is 15.6. The van der Waals surface area contributed by atoms with Gasteiger partial charge in [0.2, 0.25) is 5.91 Å². The van der Waals surface area contributed by atoms with Gasteiger partial charge in [0.1, 0.15) is 16.9 Å². The van der Waals surface area contributed by atoms with Crippen molar-refractivity contribution in [2.24, 2.45) is 5.73 Å². The number of aromatic nitrogens is 4. The standard InChI is InChI=1S/C18H19FN6OS/c1-10-23-24-18(27-10)15-3-2-11-8-21-12(6-16(11)22-15)7-17(26)25-5-4-14(20)13(19)9-25/h2-3,6,8,13-14H,4-5,7,9,20H2,1H3/t13-,14-/m1/s1. The van der Waals surface area contributed by atoms with E-state index in [1.54, 1.807) is 12.3 Å². The Morgan fingerprint density at radius 1 is 1.41 bits per heavy atom. The second-order valence-electron chi connectivity index (χ2n) is 6.68. The topological polar surface area (TPSA) is 97.9 Å². The maximum Gasteiger partial charge on any atom is 0.228 e. The lowest BCUT2D eigenvalue weighted by Gasteiger charge is -2.32. The summed E-state index contributed by atoms with van der Waals surface area (Å²) in [5.74, 6) is -0.146. The van der Waals surface area contributed by atoms with E-state index in [1.807, 2.05) is 19.1 Å². The minimum atomic E-state index is -1.17. The Balaban J connectivity index is 1.54. The molecular formula is C18H19FN6OS. The van der Waals surface area contributed by atoms with E-state index < -0.39 is 12.2 Å². The number of amides is 1. The van der Waals surface area contributed by atoms with Crippen LogP contribution in [0.15, 0.2) is 24.4 Å². The first-order valence-corrected chi connectivity index (χ1v) is 9.55. The third kappa shape index (κ3) is 3.79. The van der Waals surface area contributed by atoms with E-state index in [2.05, 4.69) is 20.2 Å². The van der Waals surface area contributed by atoms with E-state index in [0.717, 1.165) is 26.6 Å². The van der Waals surface area contributed by atoms with Gasteiger partial charge in [-0.25, -0.2) is 9.37 Å². The number of hydrogen-bond acceptors (Lipinski definition) is 7. The number of carbonyl (C=O) groups is 1. The van der Waals surface area contributed by atoms with Crippen LogP contribution in [-0.4, -0.2) is 56.3 Å². The van der Waals surface area contributed by atoms with Crippen LogP contribution in [0.5, 0.6) is 0 Å². The highest BCUT2D eigenvalue weighted by atomic mass is 32.1. The van der Waals surface area contributed by atoms with Gasteiger partial charge < -0.3 is 10.6 Å². The summed E-state index contributed by atoms with van der Waals surface area (Å²) in [6, 6.07) is 5.12. The van der Waals surface area contributed by atoms with E-state index >= 15 is 0 Å². The first-order valence-electron chi connectivity index (χ1n) is 8.73. The summed E-state index contributed by atoms with van der Waals surface area (Å²) in [6.45, 7) is 2.42.